The molecular formula is C27H25Cl2F2NO7S. The molecule has 1 heterocycles. The first-order valence-electron chi connectivity index (χ1n) is 12.3. The zero-order chi connectivity index (χ0) is 28.9. The normalized spacial score (nSPS) is 14.1. The highest BCUT2D eigenvalue weighted by Gasteiger charge is 2.27. The van der Waals surface area contributed by atoms with Gasteiger partial charge >= 0.3 is 12.6 Å². The fourth-order valence-electron chi connectivity index (χ4n) is 3.84. The monoisotopic (exact) mass is 615 g/mol. The van der Waals surface area contributed by atoms with Gasteiger partial charge in [0.15, 0.2) is 33.7 Å². The van der Waals surface area contributed by atoms with Crippen molar-refractivity contribution in [1.82, 2.24) is 0 Å². The highest BCUT2D eigenvalue weighted by molar-refractivity contribution is 7.91. The summed E-state index contributed by atoms with van der Waals surface area (Å²) >= 11 is 12.5. The van der Waals surface area contributed by atoms with Crippen LogP contribution < -0.4 is 14.2 Å². The van der Waals surface area contributed by atoms with Crippen molar-refractivity contribution in [2.24, 2.45) is 5.92 Å². The summed E-state index contributed by atoms with van der Waals surface area (Å²) < 4.78 is 67.7. The van der Waals surface area contributed by atoms with Gasteiger partial charge in [-0.1, -0.05) is 47.5 Å². The van der Waals surface area contributed by atoms with Crippen molar-refractivity contribution in [2.45, 2.75) is 43.3 Å². The summed E-state index contributed by atoms with van der Waals surface area (Å²) in [6.07, 6.45) is 2.43. The Morgan fingerprint density at radius 2 is 1.73 bits per heavy atom. The predicted octanol–water partition coefficient (Wildman–Crippen LogP) is 5.71. The first kappa shape index (κ1) is 29.8. The number of alkyl halides is 2. The minimum Gasteiger partial charge on any atom is -0.619 e. The van der Waals surface area contributed by atoms with Crippen molar-refractivity contribution in [3.63, 3.8) is 0 Å². The van der Waals surface area contributed by atoms with Gasteiger partial charge in [0.1, 0.15) is 16.1 Å². The van der Waals surface area contributed by atoms with E-state index in [1.54, 1.807) is 18.2 Å². The molecule has 1 aliphatic carbocycles. The maximum atomic E-state index is 13.0. The third kappa shape index (κ3) is 8.18. The number of carbonyl (C=O) groups is 1. The lowest BCUT2D eigenvalue weighted by molar-refractivity contribution is -0.605. The van der Waals surface area contributed by atoms with Gasteiger partial charge in [0.25, 0.3) is 0 Å². The van der Waals surface area contributed by atoms with Gasteiger partial charge in [0.2, 0.25) is 0 Å². The molecule has 3 aromatic rings. The molecule has 4 rings (SSSR count). The number of halogens is 4. The van der Waals surface area contributed by atoms with Crippen LogP contribution in [-0.2, 0) is 25.8 Å². The first-order chi connectivity index (χ1) is 19.0. The van der Waals surface area contributed by atoms with Crippen molar-refractivity contribution in [2.75, 3.05) is 12.4 Å². The molecule has 0 spiro atoms. The van der Waals surface area contributed by atoms with E-state index in [0.29, 0.717) is 28.4 Å². The van der Waals surface area contributed by atoms with Crippen molar-refractivity contribution in [3.05, 3.63) is 87.3 Å². The van der Waals surface area contributed by atoms with Crippen LogP contribution in [0.1, 0.15) is 36.5 Å². The van der Waals surface area contributed by atoms with Gasteiger partial charge in [0.05, 0.1) is 23.7 Å². The minimum atomic E-state index is -3.75. The molecular weight excluding hydrogens is 591 g/mol. The Labute approximate surface area is 239 Å². The molecule has 13 heteroatoms. The molecule has 1 aromatic heterocycles. The van der Waals surface area contributed by atoms with E-state index in [9.17, 15) is 27.2 Å². The molecule has 1 fully saturated rings. The van der Waals surface area contributed by atoms with Gasteiger partial charge in [-0.25, -0.2) is 8.42 Å². The van der Waals surface area contributed by atoms with Crippen LogP contribution in [0.15, 0.2) is 65.8 Å². The molecule has 1 saturated carbocycles. The zero-order valence-corrected chi connectivity index (χ0v) is 23.3. The van der Waals surface area contributed by atoms with E-state index in [-0.39, 0.29) is 32.9 Å². The van der Waals surface area contributed by atoms with Gasteiger partial charge in [-0.2, -0.15) is 13.5 Å². The SMILES string of the molecule is O=C(CCS(=O)(=O)c1ccccc1)O[C@@H](Cc1c(Cl)c[n+]([O-])cc1Cl)c1ccc(OC(F)F)c(OCC2CC2)c1. The lowest BCUT2D eigenvalue weighted by Gasteiger charge is -2.21. The van der Waals surface area contributed by atoms with Crippen LogP contribution in [0.2, 0.25) is 10.0 Å². The van der Waals surface area contributed by atoms with Crippen LogP contribution in [0.4, 0.5) is 8.78 Å². The van der Waals surface area contributed by atoms with E-state index in [2.05, 4.69) is 4.74 Å². The number of nitrogens with zero attached hydrogens (tertiary/aromatic N) is 1. The van der Waals surface area contributed by atoms with Crippen LogP contribution in [0.5, 0.6) is 11.5 Å². The van der Waals surface area contributed by atoms with Gasteiger partial charge in [0, 0.05) is 12.0 Å². The Bertz CT molecular complexity index is 1430. The molecule has 40 heavy (non-hydrogen) atoms. The van der Waals surface area contributed by atoms with Crippen LogP contribution in [0.3, 0.4) is 0 Å². The molecule has 0 saturated heterocycles. The van der Waals surface area contributed by atoms with E-state index in [4.69, 9.17) is 32.7 Å². The van der Waals surface area contributed by atoms with Crippen LogP contribution in [0.25, 0.3) is 0 Å². The highest BCUT2D eigenvalue weighted by Crippen LogP contribution is 2.38. The summed E-state index contributed by atoms with van der Waals surface area (Å²) in [6, 6.07) is 11.8. The Kier molecular flexibility index (Phi) is 9.70. The molecule has 0 aliphatic heterocycles. The number of rotatable bonds is 13. The number of hydrogen-bond acceptors (Lipinski definition) is 7. The smallest absolute Gasteiger partial charge is 0.387 e. The molecule has 2 aromatic carbocycles. The molecule has 0 radical (unpaired) electrons. The van der Waals surface area contributed by atoms with Crippen molar-refractivity contribution in [1.29, 1.82) is 0 Å². The Hall–Kier alpha value is -3.15. The summed E-state index contributed by atoms with van der Waals surface area (Å²) in [5, 5.41) is 11.7. The lowest BCUT2D eigenvalue weighted by atomic mass is 10.0. The number of esters is 1. The topological polar surface area (TPSA) is 106 Å². The molecule has 0 N–H and O–H groups in total. The summed E-state index contributed by atoms with van der Waals surface area (Å²) in [5.41, 5.74) is 0.621. The molecule has 0 amide bonds. The number of sulfone groups is 1. The first-order valence-corrected chi connectivity index (χ1v) is 14.7. The van der Waals surface area contributed by atoms with Crippen molar-refractivity contribution in [3.8, 4) is 11.5 Å². The average molecular weight is 616 g/mol. The number of hydrogen-bond donors (Lipinski definition) is 0. The van der Waals surface area contributed by atoms with Gasteiger partial charge in [-0.15, -0.1) is 0 Å². The van der Waals surface area contributed by atoms with E-state index in [1.165, 1.54) is 30.3 Å². The molecule has 1 atom stereocenters. The van der Waals surface area contributed by atoms with E-state index in [1.807, 2.05) is 0 Å². The minimum absolute atomic E-state index is 0.0121. The second-order valence-electron chi connectivity index (χ2n) is 9.20. The van der Waals surface area contributed by atoms with Crippen LogP contribution in [-0.4, -0.2) is 33.4 Å². The second-order valence-corrected chi connectivity index (χ2v) is 12.1. The van der Waals surface area contributed by atoms with Gasteiger partial charge in [-0.05, 0) is 48.6 Å². The highest BCUT2D eigenvalue weighted by atomic mass is 35.5. The predicted molar refractivity (Wildman–Crippen MR) is 142 cm³/mol. The largest absolute Gasteiger partial charge is 0.619 e. The quantitative estimate of drug-likeness (QED) is 0.138. The fraction of sp³-hybridized carbons (Fsp3) is 0.333. The van der Waals surface area contributed by atoms with Gasteiger partial charge in [-0.3, -0.25) is 4.79 Å². The number of benzene rings is 2. The average Bonchev–Trinajstić information content (AvgIpc) is 3.73. The van der Waals surface area contributed by atoms with Crippen LogP contribution >= 0.6 is 23.2 Å². The number of ether oxygens (including phenoxy) is 3. The van der Waals surface area contributed by atoms with Crippen molar-refractivity contribution >= 4 is 39.0 Å². The third-order valence-electron chi connectivity index (χ3n) is 6.13. The standard InChI is InChI=1S/C27H25Cl2F2NO7S/c28-21-14-32(34)15-22(29)20(21)13-24(38-26(33)10-11-40(35,36)19-4-2-1-3-5-19)18-8-9-23(39-27(30)31)25(12-18)37-16-17-6-7-17/h1-5,8-9,12,14-15,17,24,27H,6-7,10-11,13,16H2/t24-/m0/s1. The molecule has 8 nitrogen and oxygen atoms in total. The number of aromatic nitrogens is 1. The van der Waals surface area contributed by atoms with E-state index >= 15 is 0 Å². The number of pyridine rings is 1. The molecule has 214 valence electrons. The maximum absolute atomic E-state index is 13.0. The number of carbonyl (C=O) groups excluding carboxylic acids is 1. The lowest BCUT2D eigenvalue weighted by Crippen LogP contribution is -2.25. The van der Waals surface area contributed by atoms with E-state index in [0.717, 1.165) is 25.2 Å². The summed E-state index contributed by atoms with van der Waals surface area (Å²) in [5.74, 6) is -1.19. The Balaban J connectivity index is 1.60. The molecule has 1 aliphatic rings. The zero-order valence-electron chi connectivity index (χ0n) is 21.0. The van der Waals surface area contributed by atoms with Crippen molar-refractivity contribution < 1.29 is 40.9 Å². The van der Waals surface area contributed by atoms with Crippen LogP contribution in [0, 0.1) is 11.1 Å². The van der Waals surface area contributed by atoms with E-state index < -0.39 is 40.7 Å². The molecule has 0 bridgehead atoms. The van der Waals surface area contributed by atoms with Gasteiger partial charge < -0.3 is 19.4 Å². The summed E-state index contributed by atoms with van der Waals surface area (Å²) in [6.45, 7) is -2.79. The Morgan fingerprint density at radius 1 is 1.05 bits per heavy atom. The third-order valence-corrected chi connectivity index (χ3v) is 8.51. The Morgan fingerprint density at radius 3 is 2.35 bits per heavy atom. The summed E-state index contributed by atoms with van der Waals surface area (Å²) in [4.78, 5) is 12.9. The molecule has 0 unspecified atom stereocenters. The fourth-order valence-corrected chi connectivity index (χ4v) is 5.68. The summed E-state index contributed by atoms with van der Waals surface area (Å²) in [7, 11) is -3.75. The second kappa shape index (κ2) is 13.0. The maximum Gasteiger partial charge on any atom is 0.387 e.